The Labute approximate surface area is 145 Å². The Morgan fingerprint density at radius 1 is 1.04 bits per heavy atom. The molecule has 0 saturated heterocycles. The van der Waals surface area contributed by atoms with E-state index in [1.165, 1.54) is 0 Å². The molecule has 0 aliphatic heterocycles. The lowest BCUT2D eigenvalue weighted by Gasteiger charge is -2.08. The monoisotopic (exact) mass is 336 g/mol. The van der Waals surface area contributed by atoms with E-state index in [2.05, 4.69) is 10.3 Å². The smallest absolute Gasteiger partial charge is 0.258 e. The first-order valence-corrected chi connectivity index (χ1v) is 8.10. The summed E-state index contributed by atoms with van der Waals surface area (Å²) in [6.45, 7) is 4.03. The van der Waals surface area contributed by atoms with Gasteiger partial charge in [-0.1, -0.05) is 29.8 Å². The molecule has 5 nitrogen and oxygen atoms in total. The summed E-state index contributed by atoms with van der Waals surface area (Å²) in [4.78, 5) is 26.9. The molecule has 0 saturated carbocycles. The predicted octanol–water partition coefficient (Wildman–Crippen LogP) is 2.84. The number of fused-ring (bicyclic) bond motifs is 1. The van der Waals surface area contributed by atoms with Gasteiger partial charge < -0.3 is 15.0 Å². The molecule has 1 aromatic heterocycles. The molecule has 2 N–H and O–H groups in total. The molecule has 1 amide bonds. The summed E-state index contributed by atoms with van der Waals surface area (Å²) in [5.74, 6) is 0.364. The van der Waals surface area contributed by atoms with Gasteiger partial charge in [0, 0.05) is 17.6 Å². The molecule has 0 atom stereocenters. The first-order valence-electron chi connectivity index (χ1n) is 8.10. The average molecular weight is 336 g/mol. The fraction of sp³-hybridized carbons (Fsp3) is 0.200. The van der Waals surface area contributed by atoms with Gasteiger partial charge in [0.25, 0.3) is 11.5 Å². The van der Waals surface area contributed by atoms with E-state index in [0.717, 1.165) is 22.0 Å². The molecule has 3 rings (SSSR count). The molecular weight excluding hydrogens is 316 g/mol. The van der Waals surface area contributed by atoms with Crippen molar-refractivity contribution in [3.63, 3.8) is 0 Å². The zero-order valence-corrected chi connectivity index (χ0v) is 14.3. The SMILES string of the molecule is Cc1ccc(OCC(=O)NCc2cc3ccc(C)cc3[nH]c2=O)cc1. The van der Waals surface area contributed by atoms with Crippen LogP contribution in [0.2, 0.25) is 0 Å². The highest BCUT2D eigenvalue weighted by Gasteiger charge is 2.07. The van der Waals surface area contributed by atoms with Gasteiger partial charge in [-0.3, -0.25) is 9.59 Å². The summed E-state index contributed by atoms with van der Waals surface area (Å²) in [6.07, 6.45) is 0. The third-order valence-corrected chi connectivity index (χ3v) is 3.95. The summed E-state index contributed by atoms with van der Waals surface area (Å²) in [7, 11) is 0. The van der Waals surface area contributed by atoms with Gasteiger partial charge in [-0.2, -0.15) is 0 Å². The average Bonchev–Trinajstić information content (AvgIpc) is 2.59. The van der Waals surface area contributed by atoms with Crippen LogP contribution in [-0.4, -0.2) is 17.5 Å². The summed E-state index contributed by atoms with van der Waals surface area (Å²) in [6, 6.07) is 15.1. The number of aryl methyl sites for hydroxylation is 2. The van der Waals surface area contributed by atoms with Crippen LogP contribution in [0.5, 0.6) is 5.75 Å². The number of pyridine rings is 1. The first kappa shape index (κ1) is 16.8. The number of amides is 1. The van der Waals surface area contributed by atoms with Gasteiger partial charge in [0.15, 0.2) is 6.61 Å². The molecule has 3 aromatic rings. The molecule has 1 heterocycles. The Balaban J connectivity index is 1.61. The van der Waals surface area contributed by atoms with E-state index in [1.54, 1.807) is 6.07 Å². The summed E-state index contributed by atoms with van der Waals surface area (Å²) >= 11 is 0. The number of nitrogens with one attached hydrogen (secondary N) is 2. The van der Waals surface area contributed by atoms with Gasteiger partial charge in [-0.05, 0) is 49.1 Å². The number of rotatable bonds is 5. The third-order valence-electron chi connectivity index (χ3n) is 3.95. The van der Waals surface area contributed by atoms with Gasteiger partial charge >= 0.3 is 0 Å². The minimum atomic E-state index is -0.274. The van der Waals surface area contributed by atoms with E-state index >= 15 is 0 Å². The zero-order valence-electron chi connectivity index (χ0n) is 14.3. The maximum Gasteiger partial charge on any atom is 0.258 e. The Morgan fingerprint density at radius 2 is 1.76 bits per heavy atom. The molecule has 0 radical (unpaired) electrons. The van der Waals surface area contributed by atoms with E-state index in [0.29, 0.717) is 11.3 Å². The molecule has 0 unspecified atom stereocenters. The molecule has 5 heteroatoms. The van der Waals surface area contributed by atoms with Crippen LogP contribution in [0.3, 0.4) is 0 Å². The third kappa shape index (κ3) is 4.26. The second kappa shape index (κ2) is 7.21. The topological polar surface area (TPSA) is 71.2 Å². The summed E-state index contributed by atoms with van der Waals surface area (Å²) in [5, 5.41) is 3.65. The lowest BCUT2D eigenvalue weighted by atomic mass is 10.1. The Kier molecular flexibility index (Phi) is 4.84. The van der Waals surface area contributed by atoms with E-state index in [9.17, 15) is 9.59 Å². The number of H-pyrrole nitrogens is 1. The highest BCUT2D eigenvalue weighted by molar-refractivity contribution is 5.80. The minimum Gasteiger partial charge on any atom is -0.484 e. The largest absolute Gasteiger partial charge is 0.484 e. The Hall–Kier alpha value is -3.08. The van der Waals surface area contributed by atoms with Crippen molar-refractivity contribution < 1.29 is 9.53 Å². The number of carbonyl (C=O) groups excluding carboxylic acids is 1. The molecule has 0 aliphatic carbocycles. The van der Waals surface area contributed by atoms with Crippen molar-refractivity contribution in [2.75, 3.05) is 6.61 Å². The number of aromatic amines is 1. The molecule has 128 valence electrons. The minimum absolute atomic E-state index is 0.0895. The van der Waals surface area contributed by atoms with Crippen molar-refractivity contribution in [2.24, 2.45) is 0 Å². The van der Waals surface area contributed by atoms with Gasteiger partial charge in [0.2, 0.25) is 0 Å². The number of aromatic nitrogens is 1. The van der Waals surface area contributed by atoms with Gasteiger partial charge in [-0.25, -0.2) is 0 Å². The maximum atomic E-state index is 12.1. The number of hydrogen-bond donors (Lipinski definition) is 2. The van der Waals surface area contributed by atoms with Crippen molar-refractivity contribution in [3.8, 4) is 5.75 Å². The standard InChI is InChI=1S/C20H20N2O3/c1-13-4-7-17(8-5-13)25-12-19(23)21-11-16-10-15-6-3-14(2)9-18(15)22-20(16)24/h3-10H,11-12H2,1-2H3,(H,21,23)(H,22,24). The number of benzene rings is 2. The highest BCUT2D eigenvalue weighted by atomic mass is 16.5. The lowest BCUT2D eigenvalue weighted by molar-refractivity contribution is -0.123. The fourth-order valence-corrected chi connectivity index (χ4v) is 2.52. The van der Waals surface area contributed by atoms with E-state index < -0.39 is 0 Å². The molecule has 0 aliphatic rings. The first-order chi connectivity index (χ1) is 12.0. The molecular formula is C20H20N2O3. The van der Waals surface area contributed by atoms with Crippen LogP contribution in [0.25, 0.3) is 10.9 Å². The summed E-state index contributed by atoms with van der Waals surface area (Å²) < 4.78 is 5.43. The Bertz CT molecular complexity index is 959. The molecule has 0 spiro atoms. The predicted molar refractivity (Wildman–Crippen MR) is 97.8 cm³/mol. The Morgan fingerprint density at radius 3 is 2.52 bits per heavy atom. The fourth-order valence-electron chi connectivity index (χ4n) is 2.52. The zero-order chi connectivity index (χ0) is 17.8. The van der Waals surface area contributed by atoms with E-state index in [4.69, 9.17) is 4.74 Å². The van der Waals surface area contributed by atoms with Crippen LogP contribution in [-0.2, 0) is 11.3 Å². The van der Waals surface area contributed by atoms with Crippen LogP contribution < -0.4 is 15.6 Å². The summed E-state index contributed by atoms with van der Waals surface area (Å²) in [5.41, 5.74) is 3.32. The molecule has 25 heavy (non-hydrogen) atoms. The van der Waals surface area contributed by atoms with Crippen molar-refractivity contribution in [1.29, 1.82) is 0 Å². The van der Waals surface area contributed by atoms with Gasteiger partial charge in [0.1, 0.15) is 5.75 Å². The van der Waals surface area contributed by atoms with Crippen LogP contribution in [0.4, 0.5) is 0 Å². The van der Waals surface area contributed by atoms with Crippen LogP contribution >= 0.6 is 0 Å². The van der Waals surface area contributed by atoms with E-state index in [-0.39, 0.29) is 24.6 Å². The van der Waals surface area contributed by atoms with E-state index in [1.807, 2.05) is 56.3 Å². The van der Waals surface area contributed by atoms with Gasteiger partial charge in [0.05, 0.1) is 0 Å². The van der Waals surface area contributed by atoms with Crippen LogP contribution in [0.1, 0.15) is 16.7 Å². The molecule has 0 bridgehead atoms. The van der Waals surface area contributed by atoms with Gasteiger partial charge in [-0.15, -0.1) is 0 Å². The van der Waals surface area contributed by atoms with Crippen molar-refractivity contribution in [3.05, 3.63) is 75.6 Å². The number of ether oxygens (including phenoxy) is 1. The maximum absolute atomic E-state index is 12.1. The quantitative estimate of drug-likeness (QED) is 0.752. The second-order valence-electron chi connectivity index (χ2n) is 6.09. The van der Waals surface area contributed by atoms with Crippen LogP contribution in [0, 0.1) is 13.8 Å². The lowest BCUT2D eigenvalue weighted by Crippen LogP contribution is -2.30. The van der Waals surface area contributed by atoms with Crippen molar-refractivity contribution in [1.82, 2.24) is 10.3 Å². The molecule has 0 fully saturated rings. The van der Waals surface area contributed by atoms with Crippen molar-refractivity contribution >= 4 is 16.8 Å². The van der Waals surface area contributed by atoms with Crippen molar-refractivity contribution in [2.45, 2.75) is 20.4 Å². The molecule has 2 aromatic carbocycles. The number of hydrogen-bond acceptors (Lipinski definition) is 3. The van der Waals surface area contributed by atoms with Crippen LogP contribution in [0.15, 0.2) is 53.3 Å². The normalized spacial score (nSPS) is 10.6. The number of carbonyl (C=O) groups is 1. The second-order valence-corrected chi connectivity index (χ2v) is 6.09. The highest BCUT2D eigenvalue weighted by Crippen LogP contribution is 2.13.